The maximum Gasteiger partial charge on any atom is 0.251 e. The van der Waals surface area contributed by atoms with Gasteiger partial charge in [-0.15, -0.1) is 11.3 Å². The Bertz CT molecular complexity index is 1240. The van der Waals surface area contributed by atoms with Gasteiger partial charge in [-0.25, -0.2) is 24.0 Å². The first-order valence-electron chi connectivity index (χ1n) is 9.69. The fourth-order valence-electron chi connectivity index (χ4n) is 3.34. The van der Waals surface area contributed by atoms with Gasteiger partial charge < -0.3 is 5.32 Å². The van der Waals surface area contributed by atoms with Crippen molar-refractivity contribution in [3.05, 3.63) is 69.9 Å². The van der Waals surface area contributed by atoms with Crippen LogP contribution in [0, 0.1) is 33.5 Å². The fraction of sp³-hybridized carbons (Fsp3) is 0.227. The highest BCUT2D eigenvalue weighted by Crippen LogP contribution is 2.25. The maximum atomic E-state index is 13.1. The van der Waals surface area contributed by atoms with E-state index >= 15 is 0 Å². The standard InChI is InChI=1S/C22H21FN6OS/c1-12-9-13(2)25-21(24-12)29-15(4)18(14(3)28-29)10-20(30)27-22-26-19(11-31-22)16-5-7-17(23)8-6-16/h5-9,11H,10H2,1-4H3,(H,26,27,30). The summed E-state index contributed by atoms with van der Waals surface area (Å²) in [6.07, 6.45) is 0.161. The van der Waals surface area contributed by atoms with E-state index in [1.807, 2.05) is 39.1 Å². The van der Waals surface area contributed by atoms with Crippen molar-refractivity contribution in [2.75, 3.05) is 5.32 Å². The van der Waals surface area contributed by atoms with Gasteiger partial charge in [-0.1, -0.05) is 0 Å². The Kier molecular flexibility index (Phi) is 5.60. The molecular weight excluding hydrogens is 415 g/mol. The minimum Gasteiger partial charge on any atom is -0.302 e. The minimum atomic E-state index is -0.301. The molecule has 9 heteroatoms. The van der Waals surface area contributed by atoms with E-state index in [1.54, 1.807) is 16.8 Å². The molecule has 1 N–H and O–H groups in total. The van der Waals surface area contributed by atoms with Crippen molar-refractivity contribution in [1.82, 2.24) is 24.7 Å². The lowest BCUT2D eigenvalue weighted by molar-refractivity contribution is -0.115. The number of thiazole rings is 1. The molecule has 0 atom stereocenters. The van der Waals surface area contributed by atoms with Gasteiger partial charge in [0.2, 0.25) is 5.91 Å². The van der Waals surface area contributed by atoms with Crippen LogP contribution in [0.2, 0.25) is 0 Å². The molecule has 0 aliphatic carbocycles. The fourth-order valence-corrected chi connectivity index (χ4v) is 4.07. The molecule has 4 aromatic rings. The Labute approximate surface area is 183 Å². The number of aryl methyl sites for hydroxylation is 3. The van der Waals surface area contributed by atoms with Crippen LogP contribution in [-0.2, 0) is 11.2 Å². The lowest BCUT2D eigenvalue weighted by Gasteiger charge is -2.06. The summed E-state index contributed by atoms with van der Waals surface area (Å²) in [5.41, 5.74) is 5.60. The molecule has 4 rings (SSSR count). The lowest BCUT2D eigenvalue weighted by Crippen LogP contribution is -2.15. The first kappa shape index (κ1) is 20.8. The number of nitrogens with one attached hydrogen (secondary N) is 1. The lowest BCUT2D eigenvalue weighted by atomic mass is 10.1. The summed E-state index contributed by atoms with van der Waals surface area (Å²) in [6.45, 7) is 7.59. The van der Waals surface area contributed by atoms with Gasteiger partial charge in [0.1, 0.15) is 5.82 Å². The number of amides is 1. The molecule has 1 amide bonds. The molecule has 31 heavy (non-hydrogen) atoms. The zero-order valence-corrected chi connectivity index (χ0v) is 18.4. The van der Waals surface area contributed by atoms with Crippen LogP contribution >= 0.6 is 11.3 Å². The summed E-state index contributed by atoms with van der Waals surface area (Å²) < 4.78 is 14.8. The number of aromatic nitrogens is 5. The molecule has 0 radical (unpaired) electrons. The van der Waals surface area contributed by atoms with E-state index in [4.69, 9.17) is 0 Å². The average Bonchev–Trinajstić information content (AvgIpc) is 3.27. The molecule has 0 aliphatic heterocycles. The Morgan fingerprint density at radius 1 is 1.06 bits per heavy atom. The van der Waals surface area contributed by atoms with Crippen LogP contribution in [0.1, 0.15) is 28.3 Å². The SMILES string of the molecule is Cc1cc(C)nc(-n2nc(C)c(CC(=O)Nc3nc(-c4ccc(F)cc4)cs3)c2C)n1. The van der Waals surface area contributed by atoms with Crippen LogP contribution in [0.4, 0.5) is 9.52 Å². The normalized spacial score (nSPS) is 11.0. The molecule has 3 heterocycles. The topological polar surface area (TPSA) is 85.6 Å². The van der Waals surface area contributed by atoms with Gasteiger partial charge in [0, 0.05) is 33.6 Å². The number of nitrogens with zero attached hydrogens (tertiary/aromatic N) is 5. The van der Waals surface area contributed by atoms with Gasteiger partial charge in [0.25, 0.3) is 5.95 Å². The van der Waals surface area contributed by atoms with E-state index in [0.29, 0.717) is 16.8 Å². The molecule has 7 nitrogen and oxygen atoms in total. The monoisotopic (exact) mass is 436 g/mol. The number of hydrogen-bond donors (Lipinski definition) is 1. The second kappa shape index (κ2) is 8.35. The van der Waals surface area contributed by atoms with Crippen LogP contribution in [0.3, 0.4) is 0 Å². The molecule has 0 bridgehead atoms. The number of anilines is 1. The molecule has 0 spiro atoms. The molecule has 0 fully saturated rings. The Morgan fingerprint density at radius 3 is 2.42 bits per heavy atom. The second-order valence-electron chi connectivity index (χ2n) is 7.28. The van der Waals surface area contributed by atoms with E-state index in [0.717, 1.165) is 33.9 Å². The van der Waals surface area contributed by atoms with E-state index < -0.39 is 0 Å². The summed E-state index contributed by atoms with van der Waals surface area (Å²) in [5, 5.41) is 9.70. The van der Waals surface area contributed by atoms with E-state index in [2.05, 4.69) is 25.4 Å². The smallest absolute Gasteiger partial charge is 0.251 e. The van der Waals surface area contributed by atoms with Crippen molar-refractivity contribution in [3.8, 4) is 17.2 Å². The van der Waals surface area contributed by atoms with Crippen LogP contribution < -0.4 is 5.32 Å². The van der Waals surface area contributed by atoms with Crippen molar-refractivity contribution in [2.45, 2.75) is 34.1 Å². The average molecular weight is 437 g/mol. The predicted octanol–water partition coefficient (Wildman–Crippen LogP) is 4.34. The number of halogens is 1. The quantitative estimate of drug-likeness (QED) is 0.503. The highest BCUT2D eigenvalue weighted by atomic mass is 32.1. The number of carbonyl (C=O) groups excluding carboxylic acids is 1. The van der Waals surface area contributed by atoms with Gasteiger partial charge in [-0.3, -0.25) is 4.79 Å². The second-order valence-corrected chi connectivity index (χ2v) is 8.14. The summed E-state index contributed by atoms with van der Waals surface area (Å²) >= 11 is 1.32. The van der Waals surface area contributed by atoms with Gasteiger partial charge in [-0.2, -0.15) is 5.10 Å². The third-order valence-corrected chi connectivity index (χ3v) is 5.59. The molecule has 0 aliphatic rings. The zero-order chi connectivity index (χ0) is 22.1. The number of hydrogen-bond acceptors (Lipinski definition) is 6. The first-order chi connectivity index (χ1) is 14.8. The van der Waals surface area contributed by atoms with Crippen LogP contribution in [0.5, 0.6) is 0 Å². The van der Waals surface area contributed by atoms with Crippen LogP contribution in [-0.4, -0.2) is 30.6 Å². The predicted molar refractivity (Wildman–Crippen MR) is 118 cm³/mol. The van der Waals surface area contributed by atoms with Gasteiger partial charge in [-0.05, 0) is 58.0 Å². The summed E-state index contributed by atoms with van der Waals surface area (Å²) in [4.78, 5) is 26.0. The minimum absolute atomic E-state index is 0.161. The molecular formula is C22H21FN6OS. The number of rotatable bonds is 5. The van der Waals surface area contributed by atoms with E-state index in [1.165, 1.54) is 23.5 Å². The molecule has 158 valence electrons. The van der Waals surface area contributed by atoms with Gasteiger partial charge in [0.15, 0.2) is 5.13 Å². The third kappa shape index (κ3) is 4.51. The number of carbonyl (C=O) groups is 1. The van der Waals surface area contributed by atoms with Crippen molar-refractivity contribution >= 4 is 22.4 Å². The first-order valence-corrected chi connectivity index (χ1v) is 10.6. The molecule has 3 aromatic heterocycles. The summed E-state index contributed by atoms with van der Waals surface area (Å²) in [7, 11) is 0. The summed E-state index contributed by atoms with van der Waals surface area (Å²) in [5.74, 6) is 0.00531. The molecule has 0 saturated carbocycles. The number of benzene rings is 1. The highest BCUT2D eigenvalue weighted by molar-refractivity contribution is 7.14. The van der Waals surface area contributed by atoms with E-state index in [-0.39, 0.29) is 18.1 Å². The third-order valence-electron chi connectivity index (χ3n) is 4.83. The van der Waals surface area contributed by atoms with Gasteiger partial charge >= 0.3 is 0 Å². The largest absolute Gasteiger partial charge is 0.302 e. The van der Waals surface area contributed by atoms with Crippen molar-refractivity contribution in [2.24, 2.45) is 0 Å². The Morgan fingerprint density at radius 2 is 1.74 bits per heavy atom. The van der Waals surface area contributed by atoms with Gasteiger partial charge in [0.05, 0.1) is 17.8 Å². The van der Waals surface area contributed by atoms with Crippen molar-refractivity contribution in [3.63, 3.8) is 0 Å². The van der Waals surface area contributed by atoms with E-state index in [9.17, 15) is 9.18 Å². The van der Waals surface area contributed by atoms with Crippen molar-refractivity contribution < 1.29 is 9.18 Å². The molecule has 0 unspecified atom stereocenters. The molecule has 0 saturated heterocycles. The Balaban J connectivity index is 1.50. The molecule has 1 aromatic carbocycles. The van der Waals surface area contributed by atoms with Crippen molar-refractivity contribution in [1.29, 1.82) is 0 Å². The summed E-state index contributed by atoms with van der Waals surface area (Å²) in [6, 6.07) is 7.99. The highest BCUT2D eigenvalue weighted by Gasteiger charge is 2.18. The van der Waals surface area contributed by atoms with Crippen LogP contribution in [0.15, 0.2) is 35.7 Å². The maximum absolute atomic E-state index is 13.1. The Hall–Kier alpha value is -3.46. The van der Waals surface area contributed by atoms with Crippen LogP contribution in [0.25, 0.3) is 17.2 Å². The zero-order valence-electron chi connectivity index (χ0n) is 17.6.